The quantitative estimate of drug-likeness (QED) is 0.367. The van der Waals surface area contributed by atoms with Gasteiger partial charge in [-0.1, -0.05) is 30.4 Å². The van der Waals surface area contributed by atoms with Crippen molar-refractivity contribution in [2.24, 2.45) is 0 Å². The predicted molar refractivity (Wildman–Crippen MR) is 105 cm³/mol. The SMILES string of the molecule is CC(=O)O[C@@H]1[C@@H](OC(C)=O)[C@@H](OC(C)=O)C(/C=C/Cc2cccc(C(F)(F)F)c2)O[C@H]1C. The molecule has 1 fully saturated rings. The van der Waals surface area contributed by atoms with Gasteiger partial charge in [-0.05, 0) is 25.0 Å². The highest BCUT2D eigenvalue weighted by Gasteiger charge is 2.49. The standard InChI is InChI=1S/C22H25F3O7/c1-12-19(30-13(2)26)21(32-15(4)28)20(31-14(3)27)18(29-12)10-6-8-16-7-5-9-17(11-16)22(23,24)25/h5-7,9-12,18-21H,8H2,1-4H3/b10-6+/t12-,18?,19-,20-,21+/m0/s1. The molecule has 1 aromatic carbocycles. The minimum absolute atomic E-state index is 0.149. The van der Waals surface area contributed by atoms with E-state index in [2.05, 4.69) is 0 Å². The molecular formula is C22H25F3O7. The molecule has 10 heteroatoms. The van der Waals surface area contributed by atoms with E-state index in [1.807, 2.05) is 0 Å². The van der Waals surface area contributed by atoms with Crippen LogP contribution in [-0.4, -0.2) is 48.4 Å². The Bertz CT molecular complexity index is 865. The minimum atomic E-state index is -4.45. The van der Waals surface area contributed by atoms with Gasteiger partial charge in [-0.3, -0.25) is 14.4 Å². The van der Waals surface area contributed by atoms with Gasteiger partial charge in [0.15, 0.2) is 18.3 Å². The minimum Gasteiger partial charge on any atom is -0.456 e. The topological polar surface area (TPSA) is 88.1 Å². The van der Waals surface area contributed by atoms with Crippen LogP contribution in [0.4, 0.5) is 13.2 Å². The Balaban J connectivity index is 2.27. The lowest BCUT2D eigenvalue weighted by atomic mass is 9.94. The summed E-state index contributed by atoms with van der Waals surface area (Å²) in [5.41, 5.74) is -0.346. The molecule has 1 aliphatic heterocycles. The lowest BCUT2D eigenvalue weighted by Crippen LogP contribution is -2.60. The van der Waals surface area contributed by atoms with Crippen LogP contribution in [0.5, 0.6) is 0 Å². The molecule has 32 heavy (non-hydrogen) atoms. The van der Waals surface area contributed by atoms with Crippen LogP contribution in [0, 0.1) is 0 Å². The molecule has 2 rings (SSSR count). The van der Waals surface area contributed by atoms with Crippen molar-refractivity contribution < 1.29 is 46.5 Å². The molecule has 0 aromatic heterocycles. The molecule has 1 saturated heterocycles. The van der Waals surface area contributed by atoms with Crippen LogP contribution in [0.25, 0.3) is 0 Å². The summed E-state index contributed by atoms with van der Waals surface area (Å²) in [7, 11) is 0. The number of benzene rings is 1. The van der Waals surface area contributed by atoms with Crippen molar-refractivity contribution in [1.29, 1.82) is 0 Å². The van der Waals surface area contributed by atoms with Gasteiger partial charge >= 0.3 is 24.1 Å². The Labute approximate surface area is 183 Å². The van der Waals surface area contributed by atoms with E-state index in [-0.39, 0.29) is 6.42 Å². The molecular weight excluding hydrogens is 433 g/mol. The fourth-order valence-electron chi connectivity index (χ4n) is 3.42. The molecule has 0 saturated carbocycles. The average Bonchev–Trinajstić information content (AvgIpc) is 2.66. The van der Waals surface area contributed by atoms with E-state index in [1.165, 1.54) is 19.1 Å². The number of hydrogen-bond donors (Lipinski definition) is 0. The largest absolute Gasteiger partial charge is 0.456 e. The third-order valence-corrected chi connectivity index (χ3v) is 4.65. The second kappa shape index (κ2) is 10.6. The number of halogens is 3. The van der Waals surface area contributed by atoms with Crippen molar-refractivity contribution in [3.63, 3.8) is 0 Å². The number of alkyl halides is 3. The normalized spacial score (nSPS) is 25.9. The van der Waals surface area contributed by atoms with E-state index in [0.717, 1.165) is 26.0 Å². The van der Waals surface area contributed by atoms with Crippen molar-refractivity contribution in [3.8, 4) is 0 Å². The van der Waals surface area contributed by atoms with E-state index >= 15 is 0 Å². The third kappa shape index (κ3) is 7.08. The lowest BCUT2D eigenvalue weighted by Gasteiger charge is -2.43. The Morgan fingerprint density at radius 3 is 2.09 bits per heavy atom. The average molecular weight is 458 g/mol. The highest BCUT2D eigenvalue weighted by molar-refractivity contribution is 5.68. The molecule has 176 valence electrons. The van der Waals surface area contributed by atoms with Crippen molar-refractivity contribution in [1.82, 2.24) is 0 Å². The van der Waals surface area contributed by atoms with Gasteiger partial charge in [0.2, 0.25) is 0 Å². The summed E-state index contributed by atoms with van der Waals surface area (Å²) in [5, 5.41) is 0. The second-order valence-electron chi connectivity index (χ2n) is 7.36. The number of rotatable bonds is 6. The molecule has 1 aromatic rings. The predicted octanol–water partition coefficient (Wildman–Crippen LogP) is 3.39. The van der Waals surface area contributed by atoms with Gasteiger partial charge in [0.25, 0.3) is 0 Å². The number of carbonyl (C=O) groups is 3. The van der Waals surface area contributed by atoms with Gasteiger partial charge in [0.05, 0.1) is 11.7 Å². The molecule has 0 bridgehead atoms. The number of allylic oxidation sites excluding steroid dienone is 1. The molecule has 0 amide bonds. The number of hydrogen-bond acceptors (Lipinski definition) is 7. The monoisotopic (exact) mass is 458 g/mol. The fourth-order valence-corrected chi connectivity index (χ4v) is 3.42. The summed E-state index contributed by atoms with van der Waals surface area (Å²) in [6.45, 7) is 5.10. The first-order valence-corrected chi connectivity index (χ1v) is 9.88. The zero-order valence-corrected chi connectivity index (χ0v) is 18.0. The second-order valence-corrected chi connectivity index (χ2v) is 7.36. The number of carbonyl (C=O) groups excluding carboxylic acids is 3. The van der Waals surface area contributed by atoms with Gasteiger partial charge in [0.1, 0.15) is 6.10 Å². The Kier molecular flexibility index (Phi) is 8.43. The smallest absolute Gasteiger partial charge is 0.416 e. The van der Waals surface area contributed by atoms with Crippen LogP contribution in [-0.2, 0) is 45.9 Å². The fraction of sp³-hybridized carbons (Fsp3) is 0.500. The van der Waals surface area contributed by atoms with Crippen molar-refractivity contribution in [3.05, 3.63) is 47.5 Å². The molecule has 7 nitrogen and oxygen atoms in total. The summed E-state index contributed by atoms with van der Waals surface area (Å²) < 4.78 is 60.4. The highest BCUT2D eigenvalue weighted by atomic mass is 19.4. The Morgan fingerprint density at radius 2 is 1.53 bits per heavy atom. The zero-order valence-electron chi connectivity index (χ0n) is 18.0. The van der Waals surface area contributed by atoms with E-state index in [1.54, 1.807) is 19.1 Å². The van der Waals surface area contributed by atoms with Crippen LogP contribution in [0.2, 0.25) is 0 Å². The molecule has 0 spiro atoms. The van der Waals surface area contributed by atoms with E-state index in [0.29, 0.717) is 5.56 Å². The van der Waals surface area contributed by atoms with Crippen LogP contribution >= 0.6 is 0 Å². The number of ether oxygens (including phenoxy) is 4. The van der Waals surface area contributed by atoms with E-state index in [9.17, 15) is 27.6 Å². The van der Waals surface area contributed by atoms with Crippen LogP contribution in [0.15, 0.2) is 36.4 Å². The van der Waals surface area contributed by atoms with Crippen molar-refractivity contribution in [2.45, 2.75) is 70.8 Å². The number of esters is 3. The third-order valence-electron chi connectivity index (χ3n) is 4.65. The van der Waals surface area contributed by atoms with Crippen molar-refractivity contribution >= 4 is 17.9 Å². The van der Waals surface area contributed by atoms with E-state index in [4.69, 9.17) is 18.9 Å². The van der Waals surface area contributed by atoms with Gasteiger partial charge in [-0.2, -0.15) is 13.2 Å². The van der Waals surface area contributed by atoms with E-state index < -0.39 is 60.2 Å². The Morgan fingerprint density at radius 1 is 0.969 bits per heavy atom. The van der Waals surface area contributed by atoms with Gasteiger partial charge in [-0.25, -0.2) is 0 Å². The zero-order chi connectivity index (χ0) is 24.1. The van der Waals surface area contributed by atoms with Crippen molar-refractivity contribution in [2.75, 3.05) is 0 Å². The summed E-state index contributed by atoms with van der Waals surface area (Å²) in [4.78, 5) is 34.8. The maximum Gasteiger partial charge on any atom is 0.416 e. The molecule has 0 aliphatic carbocycles. The van der Waals surface area contributed by atoms with Gasteiger partial charge < -0.3 is 18.9 Å². The molecule has 1 aliphatic rings. The maximum absolute atomic E-state index is 12.9. The molecule has 0 N–H and O–H groups in total. The first-order valence-electron chi connectivity index (χ1n) is 9.88. The van der Waals surface area contributed by atoms with Gasteiger partial charge in [0, 0.05) is 20.8 Å². The maximum atomic E-state index is 12.9. The summed E-state index contributed by atoms with van der Waals surface area (Å²) in [6.07, 6.45) is -6.11. The molecule has 1 unspecified atom stereocenters. The molecule has 1 heterocycles. The lowest BCUT2D eigenvalue weighted by molar-refractivity contribution is -0.235. The van der Waals surface area contributed by atoms with Crippen LogP contribution in [0.3, 0.4) is 0 Å². The highest BCUT2D eigenvalue weighted by Crippen LogP contribution is 2.31. The summed E-state index contributed by atoms with van der Waals surface area (Å²) >= 11 is 0. The molecule has 5 atom stereocenters. The van der Waals surface area contributed by atoms with Crippen LogP contribution < -0.4 is 0 Å². The first kappa shape index (κ1) is 25.4. The first-order chi connectivity index (χ1) is 14.9. The summed E-state index contributed by atoms with van der Waals surface area (Å²) in [5.74, 6) is -1.99. The molecule has 0 radical (unpaired) electrons. The summed E-state index contributed by atoms with van der Waals surface area (Å²) in [6, 6.07) is 4.88. The Hall–Kier alpha value is -2.88. The van der Waals surface area contributed by atoms with Crippen LogP contribution in [0.1, 0.15) is 38.8 Å². The van der Waals surface area contributed by atoms with Gasteiger partial charge in [-0.15, -0.1) is 0 Å².